The second-order valence-corrected chi connectivity index (χ2v) is 6.52. The lowest BCUT2D eigenvalue weighted by Crippen LogP contribution is -2.41. The smallest absolute Gasteiger partial charge is 0.222 e. The standard InChI is InChI=1S/C19H30N2O2.ClH/c1-15-4-5-17(16(2)14-15)6-7-19(22)21-11-8-18(9-12-21)23-13-3-10-20;/h4-5,14,18H,3,6-13,20H2,1-2H3;1H. The Balaban J connectivity index is 0.00000288. The van der Waals surface area contributed by atoms with E-state index in [0.29, 0.717) is 19.1 Å². The summed E-state index contributed by atoms with van der Waals surface area (Å²) in [6.07, 6.45) is 4.53. The molecule has 1 aromatic rings. The average molecular weight is 355 g/mol. The van der Waals surface area contributed by atoms with Gasteiger partial charge in [-0.25, -0.2) is 0 Å². The number of halogens is 1. The number of piperidine rings is 1. The Hall–Kier alpha value is -1.10. The molecule has 0 saturated carbocycles. The van der Waals surface area contributed by atoms with Gasteiger partial charge in [-0.05, 0) is 57.2 Å². The number of hydrogen-bond acceptors (Lipinski definition) is 3. The Morgan fingerprint density at radius 1 is 1.29 bits per heavy atom. The second-order valence-electron chi connectivity index (χ2n) is 6.52. The molecule has 5 heteroatoms. The summed E-state index contributed by atoms with van der Waals surface area (Å²) in [6.45, 7) is 7.27. The summed E-state index contributed by atoms with van der Waals surface area (Å²) in [6, 6.07) is 6.45. The van der Waals surface area contributed by atoms with Crippen LogP contribution in [0.1, 0.15) is 42.4 Å². The normalized spacial score (nSPS) is 15.2. The molecular formula is C19H31ClN2O2. The predicted octanol–water partition coefficient (Wildman–Crippen LogP) is 3.01. The van der Waals surface area contributed by atoms with Crippen molar-refractivity contribution in [3.8, 4) is 0 Å². The van der Waals surface area contributed by atoms with E-state index in [1.165, 1.54) is 16.7 Å². The third kappa shape index (κ3) is 6.42. The van der Waals surface area contributed by atoms with Crippen LogP contribution in [0.5, 0.6) is 0 Å². The number of ether oxygens (including phenoxy) is 1. The highest BCUT2D eigenvalue weighted by atomic mass is 35.5. The predicted molar refractivity (Wildman–Crippen MR) is 101 cm³/mol. The molecule has 0 aliphatic carbocycles. The van der Waals surface area contributed by atoms with Crippen molar-refractivity contribution in [2.75, 3.05) is 26.2 Å². The zero-order valence-electron chi connectivity index (χ0n) is 14.9. The zero-order chi connectivity index (χ0) is 16.7. The van der Waals surface area contributed by atoms with Gasteiger partial charge >= 0.3 is 0 Å². The zero-order valence-corrected chi connectivity index (χ0v) is 15.7. The summed E-state index contributed by atoms with van der Waals surface area (Å²) < 4.78 is 5.79. The molecule has 1 heterocycles. The van der Waals surface area contributed by atoms with Crippen LogP contribution in [0.2, 0.25) is 0 Å². The first kappa shape index (κ1) is 20.9. The van der Waals surface area contributed by atoms with Crippen molar-refractivity contribution in [3.63, 3.8) is 0 Å². The molecule has 1 aromatic carbocycles. The SMILES string of the molecule is Cc1ccc(CCC(=O)N2CCC(OCCCN)CC2)c(C)c1.Cl. The van der Waals surface area contributed by atoms with E-state index in [2.05, 4.69) is 32.0 Å². The van der Waals surface area contributed by atoms with Gasteiger partial charge < -0.3 is 15.4 Å². The fraction of sp³-hybridized carbons (Fsp3) is 0.632. The van der Waals surface area contributed by atoms with Crippen molar-refractivity contribution in [1.82, 2.24) is 4.90 Å². The van der Waals surface area contributed by atoms with Gasteiger partial charge in [0.05, 0.1) is 6.10 Å². The van der Waals surface area contributed by atoms with Crippen molar-refractivity contribution in [2.45, 2.75) is 52.1 Å². The molecule has 2 N–H and O–H groups in total. The van der Waals surface area contributed by atoms with Crippen LogP contribution in [0.3, 0.4) is 0 Å². The lowest BCUT2D eigenvalue weighted by molar-refractivity contribution is -0.133. The van der Waals surface area contributed by atoms with Gasteiger partial charge in [0.2, 0.25) is 5.91 Å². The average Bonchev–Trinajstić information content (AvgIpc) is 2.55. The van der Waals surface area contributed by atoms with Crippen molar-refractivity contribution >= 4 is 18.3 Å². The van der Waals surface area contributed by atoms with Crippen LogP contribution in [-0.4, -0.2) is 43.2 Å². The van der Waals surface area contributed by atoms with Gasteiger partial charge in [0, 0.05) is 26.1 Å². The Morgan fingerprint density at radius 3 is 2.62 bits per heavy atom. The van der Waals surface area contributed by atoms with Crippen molar-refractivity contribution in [2.24, 2.45) is 5.73 Å². The Bertz CT molecular complexity index is 514. The molecule has 0 unspecified atom stereocenters. The van der Waals surface area contributed by atoms with Crippen LogP contribution < -0.4 is 5.73 Å². The monoisotopic (exact) mass is 354 g/mol. The number of rotatable bonds is 7. The van der Waals surface area contributed by atoms with Crippen molar-refractivity contribution in [3.05, 3.63) is 34.9 Å². The number of nitrogens with zero attached hydrogens (tertiary/aromatic N) is 1. The summed E-state index contributed by atoms with van der Waals surface area (Å²) in [5, 5.41) is 0. The molecule has 0 spiro atoms. The highest BCUT2D eigenvalue weighted by Crippen LogP contribution is 2.17. The number of carbonyl (C=O) groups excluding carboxylic acids is 1. The number of nitrogens with two attached hydrogens (primary N) is 1. The molecule has 1 amide bonds. The van der Waals surface area contributed by atoms with Crippen LogP contribution in [0.4, 0.5) is 0 Å². The summed E-state index contributed by atoms with van der Waals surface area (Å²) >= 11 is 0. The number of aryl methyl sites for hydroxylation is 3. The molecule has 136 valence electrons. The molecule has 0 aromatic heterocycles. The third-order valence-corrected chi connectivity index (χ3v) is 4.60. The van der Waals surface area contributed by atoms with Gasteiger partial charge in [0.1, 0.15) is 0 Å². The fourth-order valence-corrected chi connectivity index (χ4v) is 3.13. The summed E-state index contributed by atoms with van der Waals surface area (Å²) in [5.74, 6) is 0.269. The quantitative estimate of drug-likeness (QED) is 0.766. The maximum absolute atomic E-state index is 12.4. The van der Waals surface area contributed by atoms with Gasteiger partial charge in [-0.2, -0.15) is 0 Å². The van der Waals surface area contributed by atoms with Gasteiger partial charge in [-0.1, -0.05) is 23.8 Å². The summed E-state index contributed by atoms with van der Waals surface area (Å²) in [4.78, 5) is 14.4. The topological polar surface area (TPSA) is 55.6 Å². The number of likely N-dealkylation sites (tertiary alicyclic amines) is 1. The van der Waals surface area contributed by atoms with E-state index in [1.807, 2.05) is 4.90 Å². The number of carbonyl (C=O) groups is 1. The molecule has 0 radical (unpaired) electrons. The molecule has 1 fully saturated rings. The van der Waals surface area contributed by atoms with E-state index in [9.17, 15) is 4.79 Å². The van der Waals surface area contributed by atoms with Gasteiger partial charge in [0.25, 0.3) is 0 Å². The molecular weight excluding hydrogens is 324 g/mol. The number of amides is 1. The lowest BCUT2D eigenvalue weighted by Gasteiger charge is -2.32. The molecule has 4 nitrogen and oxygen atoms in total. The summed E-state index contributed by atoms with van der Waals surface area (Å²) in [5.41, 5.74) is 9.31. The minimum absolute atomic E-state index is 0. The Labute approximate surface area is 152 Å². The highest BCUT2D eigenvalue weighted by Gasteiger charge is 2.22. The largest absolute Gasteiger partial charge is 0.378 e. The first-order valence-electron chi connectivity index (χ1n) is 8.75. The number of benzene rings is 1. The van der Waals surface area contributed by atoms with Gasteiger partial charge in [-0.3, -0.25) is 4.79 Å². The first-order chi connectivity index (χ1) is 11.1. The Kier molecular flexibility index (Phi) is 9.34. The minimum Gasteiger partial charge on any atom is -0.378 e. The van der Waals surface area contributed by atoms with Crippen LogP contribution in [0.15, 0.2) is 18.2 Å². The van der Waals surface area contributed by atoms with Crippen molar-refractivity contribution < 1.29 is 9.53 Å². The van der Waals surface area contributed by atoms with E-state index < -0.39 is 0 Å². The molecule has 24 heavy (non-hydrogen) atoms. The molecule has 1 aliphatic heterocycles. The molecule has 0 atom stereocenters. The van der Waals surface area contributed by atoms with E-state index in [0.717, 1.165) is 45.4 Å². The van der Waals surface area contributed by atoms with E-state index in [-0.39, 0.29) is 18.3 Å². The minimum atomic E-state index is 0. The third-order valence-electron chi connectivity index (χ3n) is 4.60. The van der Waals surface area contributed by atoms with Crippen LogP contribution in [0, 0.1) is 13.8 Å². The molecule has 2 rings (SSSR count). The lowest BCUT2D eigenvalue weighted by atomic mass is 10.0. The maximum atomic E-state index is 12.4. The van der Waals surface area contributed by atoms with Crippen LogP contribution >= 0.6 is 12.4 Å². The van der Waals surface area contributed by atoms with E-state index in [1.54, 1.807) is 0 Å². The second kappa shape index (κ2) is 10.7. The first-order valence-corrected chi connectivity index (χ1v) is 8.75. The highest BCUT2D eigenvalue weighted by molar-refractivity contribution is 5.85. The van der Waals surface area contributed by atoms with Crippen LogP contribution in [0.25, 0.3) is 0 Å². The molecule has 1 saturated heterocycles. The van der Waals surface area contributed by atoms with E-state index >= 15 is 0 Å². The molecule has 1 aliphatic rings. The van der Waals surface area contributed by atoms with E-state index in [4.69, 9.17) is 10.5 Å². The van der Waals surface area contributed by atoms with Gasteiger partial charge in [-0.15, -0.1) is 12.4 Å². The summed E-state index contributed by atoms with van der Waals surface area (Å²) in [7, 11) is 0. The Morgan fingerprint density at radius 2 is 2.00 bits per heavy atom. The fourth-order valence-electron chi connectivity index (χ4n) is 3.13. The van der Waals surface area contributed by atoms with Gasteiger partial charge in [0.15, 0.2) is 0 Å². The maximum Gasteiger partial charge on any atom is 0.222 e. The van der Waals surface area contributed by atoms with Crippen LogP contribution in [-0.2, 0) is 16.0 Å². The molecule has 0 bridgehead atoms. The number of hydrogen-bond donors (Lipinski definition) is 1. The van der Waals surface area contributed by atoms with Crippen molar-refractivity contribution in [1.29, 1.82) is 0 Å².